The Morgan fingerprint density at radius 1 is 1.00 bits per heavy atom. The van der Waals surface area contributed by atoms with Crippen LogP contribution in [0.25, 0.3) is 11.1 Å². The molecular weight excluding hydrogens is 565 g/mol. The number of halogens is 4. The molecule has 2 amide bonds. The van der Waals surface area contributed by atoms with Crippen molar-refractivity contribution in [2.45, 2.75) is 49.9 Å². The van der Waals surface area contributed by atoms with Crippen LogP contribution in [0.15, 0.2) is 78.9 Å². The zero-order valence-corrected chi connectivity index (χ0v) is 23.9. The molecule has 1 heterocycles. The lowest BCUT2D eigenvalue weighted by atomic mass is 9.87. The van der Waals surface area contributed by atoms with Gasteiger partial charge in [0.25, 0.3) is 5.91 Å². The SMILES string of the molecule is C[C@@H](C[C@H](NC(=O)c1ccc(-c2ccccc2Cl)cc1)C(=O)NC1(C#N)CCN(CC(F)(F)F)CC1)c1ccccc1. The van der Waals surface area contributed by atoms with E-state index in [0.29, 0.717) is 10.6 Å². The van der Waals surface area contributed by atoms with E-state index in [4.69, 9.17) is 11.6 Å². The van der Waals surface area contributed by atoms with Crippen molar-refractivity contribution in [2.75, 3.05) is 19.6 Å². The minimum atomic E-state index is -4.34. The quantitative estimate of drug-likeness (QED) is 0.302. The maximum absolute atomic E-state index is 13.6. The molecule has 10 heteroatoms. The van der Waals surface area contributed by atoms with Crippen molar-refractivity contribution in [3.63, 3.8) is 0 Å². The first-order valence-electron chi connectivity index (χ1n) is 13.7. The van der Waals surface area contributed by atoms with Gasteiger partial charge in [0.05, 0.1) is 12.6 Å². The second-order valence-electron chi connectivity index (χ2n) is 10.7. The minimum Gasteiger partial charge on any atom is -0.340 e. The van der Waals surface area contributed by atoms with Gasteiger partial charge in [-0.2, -0.15) is 18.4 Å². The molecule has 6 nitrogen and oxygen atoms in total. The number of piperidine rings is 1. The van der Waals surface area contributed by atoms with Crippen molar-refractivity contribution in [3.8, 4) is 17.2 Å². The van der Waals surface area contributed by atoms with Crippen LogP contribution in [-0.2, 0) is 4.79 Å². The van der Waals surface area contributed by atoms with Crippen LogP contribution in [0.5, 0.6) is 0 Å². The Balaban J connectivity index is 1.50. The van der Waals surface area contributed by atoms with E-state index in [1.54, 1.807) is 30.3 Å². The number of likely N-dealkylation sites (tertiary alicyclic amines) is 1. The Morgan fingerprint density at radius 3 is 2.21 bits per heavy atom. The number of rotatable bonds is 9. The molecule has 3 aromatic rings. The van der Waals surface area contributed by atoms with Crippen LogP contribution < -0.4 is 10.6 Å². The molecule has 0 bridgehead atoms. The minimum absolute atomic E-state index is 0.0164. The van der Waals surface area contributed by atoms with Crippen molar-refractivity contribution in [2.24, 2.45) is 0 Å². The summed E-state index contributed by atoms with van der Waals surface area (Å²) in [4.78, 5) is 28.2. The number of nitrogens with zero attached hydrogens (tertiary/aromatic N) is 2. The third-order valence-electron chi connectivity index (χ3n) is 7.60. The fourth-order valence-corrected chi connectivity index (χ4v) is 5.42. The summed E-state index contributed by atoms with van der Waals surface area (Å²) in [6.45, 7) is 0.909. The molecule has 0 radical (unpaired) electrons. The van der Waals surface area contributed by atoms with Crippen molar-refractivity contribution in [1.82, 2.24) is 15.5 Å². The number of nitriles is 1. The second-order valence-corrected chi connectivity index (χ2v) is 11.1. The molecule has 0 aliphatic carbocycles. The molecule has 0 aromatic heterocycles. The lowest BCUT2D eigenvalue weighted by molar-refractivity contribution is -0.149. The molecule has 4 rings (SSSR count). The summed E-state index contributed by atoms with van der Waals surface area (Å²) in [5, 5.41) is 16.1. The smallest absolute Gasteiger partial charge is 0.340 e. The molecule has 0 saturated carbocycles. The van der Waals surface area contributed by atoms with Crippen LogP contribution in [-0.4, -0.2) is 54.1 Å². The third-order valence-corrected chi connectivity index (χ3v) is 7.93. The van der Waals surface area contributed by atoms with Gasteiger partial charge in [-0.25, -0.2) is 0 Å². The number of hydrogen-bond donors (Lipinski definition) is 2. The van der Waals surface area contributed by atoms with Gasteiger partial charge in [0.1, 0.15) is 11.6 Å². The zero-order valence-electron chi connectivity index (χ0n) is 23.1. The van der Waals surface area contributed by atoms with Gasteiger partial charge >= 0.3 is 6.18 Å². The lowest BCUT2D eigenvalue weighted by Crippen LogP contribution is -2.59. The predicted octanol–water partition coefficient (Wildman–Crippen LogP) is 6.34. The summed E-state index contributed by atoms with van der Waals surface area (Å²) >= 11 is 6.30. The molecule has 2 atom stereocenters. The molecule has 220 valence electrons. The van der Waals surface area contributed by atoms with Crippen LogP contribution in [0.4, 0.5) is 13.2 Å². The predicted molar refractivity (Wildman–Crippen MR) is 156 cm³/mol. The topological polar surface area (TPSA) is 85.2 Å². The van der Waals surface area contributed by atoms with Crippen molar-refractivity contribution in [3.05, 3.63) is 95.0 Å². The first kappa shape index (κ1) is 31.1. The standard InChI is InChI=1S/C32H32ClF3N4O2/c1-22(23-7-3-2-4-8-23)19-28(30(42)39-31(20-37)15-17-40(18-16-31)21-32(34,35)36)38-29(41)25-13-11-24(12-14-25)26-9-5-6-10-27(26)33/h2-14,22,28H,15-19,21H2,1H3,(H,38,41)(H,39,42)/t22-,28-/m0/s1. The average Bonchev–Trinajstić information content (AvgIpc) is 2.98. The van der Waals surface area contributed by atoms with Gasteiger partial charge in [0.15, 0.2) is 0 Å². The number of nitrogens with one attached hydrogen (secondary N) is 2. The summed E-state index contributed by atoms with van der Waals surface area (Å²) in [6, 6.07) is 24.9. The molecular formula is C32H32ClF3N4O2. The van der Waals surface area contributed by atoms with Gasteiger partial charge in [0.2, 0.25) is 5.91 Å². The van der Waals surface area contributed by atoms with Crippen molar-refractivity contribution >= 4 is 23.4 Å². The van der Waals surface area contributed by atoms with Crippen LogP contribution in [0, 0.1) is 11.3 Å². The van der Waals surface area contributed by atoms with Gasteiger partial charge in [-0.05, 0) is 54.5 Å². The molecule has 0 unspecified atom stereocenters. The number of alkyl halides is 3. The van der Waals surface area contributed by atoms with E-state index < -0.39 is 36.1 Å². The Morgan fingerprint density at radius 2 is 1.62 bits per heavy atom. The molecule has 1 fully saturated rings. The van der Waals surface area contributed by atoms with E-state index in [1.165, 1.54) is 4.90 Å². The van der Waals surface area contributed by atoms with Crippen LogP contribution in [0.1, 0.15) is 48.0 Å². The van der Waals surface area contributed by atoms with E-state index in [2.05, 4.69) is 16.7 Å². The highest BCUT2D eigenvalue weighted by atomic mass is 35.5. The molecule has 2 N–H and O–H groups in total. The average molecular weight is 597 g/mol. The number of hydrogen-bond acceptors (Lipinski definition) is 4. The molecule has 1 saturated heterocycles. The lowest BCUT2D eigenvalue weighted by Gasteiger charge is -2.38. The third kappa shape index (κ3) is 8.11. The number of amides is 2. The highest BCUT2D eigenvalue weighted by Gasteiger charge is 2.41. The number of carbonyl (C=O) groups excluding carboxylic acids is 2. The Labute approximate surface area is 248 Å². The van der Waals surface area contributed by atoms with E-state index in [0.717, 1.165) is 16.7 Å². The first-order chi connectivity index (χ1) is 20.0. The maximum atomic E-state index is 13.6. The Bertz CT molecular complexity index is 1420. The normalized spacial score (nSPS) is 16.6. The fourth-order valence-electron chi connectivity index (χ4n) is 5.17. The Hall–Kier alpha value is -3.87. The number of carbonyl (C=O) groups is 2. The molecule has 0 spiro atoms. The molecule has 3 aromatic carbocycles. The highest BCUT2D eigenvalue weighted by molar-refractivity contribution is 6.33. The highest BCUT2D eigenvalue weighted by Crippen LogP contribution is 2.29. The molecule has 1 aliphatic rings. The van der Waals surface area contributed by atoms with E-state index >= 15 is 0 Å². The summed E-state index contributed by atoms with van der Waals surface area (Å²) in [5.41, 5.74) is 1.64. The number of benzene rings is 3. The van der Waals surface area contributed by atoms with E-state index in [9.17, 15) is 28.0 Å². The van der Waals surface area contributed by atoms with Crippen LogP contribution >= 0.6 is 11.6 Å². The summed E-state index contributed by atoms with van der Waals surface area (Å²) < 4.78 is 38.6. The van der Waals surface area contributed by atoms with Crippen LogP contribution in [0.3, 0.4) is 0 Å². The van der Waals surface area contributed by atoms with Gasteiger partial charge in [-0.15, -0.1) is 0 Å². The summed E-state index contributed by atoms with van der Waals surface area (Å²) in [7, 11) is 0. The molecule has 42 heavy (non-hydrogen) atoms. The monoisotopic (exact) mass is 596 g/mol. The van der Waals surface area contributed by atoms with Gasteiger partial charge in [-0.1, -0.05) is 79.2 Å². The van der Waals surface area contributed by atoms with Gasteiger partial charge in [-0.3, -0.25) is 14.5 Å². The fraction of sp³-hybridized carbons (Fsp3) is 0.344. The van der Waals surface area contributed by atoms with E-state index in [-0.39, 0.29) is 38.3 Å². The largest absolute Gasteiger partial charge is 0.401 e. The first-order valence-corrected chi connectivity index (χ1v) is 14.1. The van der Waals surface area contributed by atoms with Crippen molar-refractivity contribution in [1.29, 1.82) is 5.26 Å². The van der Waals surface area contributed by atoms with Crippen LogP contribution in [0.2, 0.25) is 5.02 Å². The van der Waals surface area contributed by atoms with Gasteiger partial charge in [0, 0.05) is 29.2 Å². The van der Waals surface area contributed by atoms with E-state index in [1.807, 2.05) is 55.5 Å². The Kier molecular flexibility index (Phi) is 9.92. The zero-order chi connectivity index (χ0) is 30.3. The molecule has 1 aliphatic heterocycles. The summed E-state index contributed by atoms with van der Waals surface area (Å²) in [5.74, 6) is -1.13. The summed E-state index contributed by atoms with van der Waals surface area (Å²) in [6.07, 6.45) is -4.00. The van der Waals surface area contributed by atoms with Gasteiger partial charge < -0.3 is 10.6 Å². The second kappa shape index (κ2) is 13.4. The van der Waals surface area contributed by atoms with Crippen molar-refractivity contribution < 1.29 is 22.8 Å². The maximum Gasteiger partial charge on any atom is 0.401 e.